The Hall–Kier alpha value is -1.16. The Bertz CT molecular complexity index is 602. The lowest BCUT2D eigenvalue weighted by Gasteiger charge is -2.24. The Morgan fingerprint density at radius 2 is 2.00 bits per heavy atom. The van der Waals surface area contributed by atoms with Gasteiger partial charge < -0.3 is 5.11 Å². The van der Waals surface area contributed by atoms with Crippen LogP contribution < -0.4 is 0 Å². The van der Waals surface area contributed by atoms with Crippen molar-refractivity contribution in [3.05, 3.63) is 63.6 Å². The summed E-state index contributed by atoms with van der Waals surface area (Å²) in [6.07, 6.45) is 2.74. The zero-order valence-corrected chi connectivity index (χ0v) is 11.7. The molecule has 1 atom stereocenters. The molecule has 0 spiro atoms. The normalized spacial score (nSPS) is 14.2. The van der Waals surface area contributed by atoms with E-state index < -0.39 is 11.4 Å². The maximum atomic E-state index is 13.2. The molecular formula is C14H12Cl2FNO. The van der Waals surface area contributed by atoms with Crippen LogP contribution >= 0.6 is 23.2 Å². The first-order valence-corrected chi connectivity index (χ1v) is 6.41. The number of halogens is 3. The summed E-state index contributed by atoms with van der Waals surface area (Å²) in [7, 11) is 0. The summed E-state index contributed by atoms with van der Waals surface area (Å²) in [6.45, 7) is 1.58. The van der Waals surface area contributed by atoms with E-state index in [1.165, 1.54) is 12.3 Å². The number of aromatic nitrogens is 1. The quantitative estimate of drug-likeness (QED) is 0.930. The lowest BCUT2D eigenvalue weighted by Crippen LogP contribution is -2.24. The summed E-state index contributed by atoms with van der Waals surface area (Å²) >= 11 is 12.0. The van der Waals surface area contributed by atoms with E-state index in [0.717, 1.165) is 6.20 Å². The van der Waals surface area contributed by atoms with Crippen molar-refractivity contribution >= 4 is 23.2 Å². The monoisotopic (exact) mass is 299 g/mol. The third-order valence-electron chi connectivity index (χ3n) is 2.87. The fraction of sp³-hybridized carbons (Fsp3) is 0.214. The van der Waals surface area contributed by atoms with E-state index in [2.05, 4.69) is 4.98 Å². The van der Waals surface area contributed by atoms with Crippen LogP contribution in [0.4, 0.5) is 4.39 Å². The Kier molecular flexibility index (Phi) is 4.09. The van der Waals surface area contributed by atoms with Gasteiger partial charge in [-0.05, 0) is 36.8 Å². The van der Waals surface area contributed by atoms with Gasteiger partial charge in [-0.15, -0.1) is 0 Å². The van der Waals surface area contributed by atoms with E-state index in [-0.39, 0.29) is 6.42 Å². The van der Waals surface area contributed by atoms with Crippen molar-refractivity contribution in [2.75, 3.05) is 0 Å². The molecule has 2 nitrogen and oxygen atoms in total. The van der Waals surface area contributed by atoms with Crippen LogP contribution in [-0.4, -0.2) is 10.1 Å². The summed E-state index contributed by atoms with van der Waals surface area (Å²) < 4.78 is 13.2. The van der Waals surface area contributed by atoms with Gasteiger partial charge in [-0.1, -0.05) is 23.2 Å². The van der Waals surface area contributed by atoms with Gasteiger partial charge in [0.2, 0.25) is 0 Å². The van der Waals surface area contributed by atoms with Crippen molar-refractivity contribution in [1.29, 1.82) is 0 Å². The summed E-state index contributed by atoms with van der Waals surface area (Å²) in [5.41, 5.74) is -0.185. The number of hydrogen-bond donors (Lipinski definition) is 1. The van der Waals surface area contributed by atoms with Crippen LogP contribution in [0.15, 0.2) is 36.7 Å². The molecule has 1 unspecified atom stereocenters. The fourth-order valence-corrected chi connectivity index (χ4v) is 2.24. The van der Waals surface area contributed by atoms with Crippen molar-refractivity contribution in [1.82, 2.24) is 4.98 Å². The maximum absolute atomic E-state index is 13.2. The molecule has 0 amide bonds. The number of benzene rings is 1. The van der Waals surface area contributed by atoms with Crippen LogP contribution in [0.2, 0.25) is 10.0 Å². The average molecular weight is 300 g/mol. The maximum Gasteiger partial charge on any atom is 0.141 e. The van der Waals surface area contributed by atoms with E-state index in [4.69, 9.17) is 23.2 Å². The zero-order valence-electron chi connectivity index (χ0n) is 10.2. The molecule has 2 aromatic rings. The van der Waals surface area contributed by atoms with Gasteiger partial charge in [-0.2, -0.15) is 0 Å². The van der Waals surface area contributed by atoms with Crippen molar-refractivity contribution in [2.24, 2.45) is 0 Å². The second-order valence-electron chi connectivity index (χ2n) is 4.58. The highest BCUT2D eigenvalue weighted by molar-refractivity contribution is 6.33. The molecule has 0 saturated heterocycles. The first kappa shape index (κ1) is 14.3. The van der Waals surface area contributed by atoms with E-state index in [0.29, 0.717) is 21.2 Å². The highest BCUT2D eigenvalue weighted by atomic mass is 35.5. The van der Waals surface area contributed by atoms with Crippen LogP contribution in [0.5, 0.6) is 0 Å². The minimum Gasteiger partial charge on any atom is -0.385 e. The number of nitrogens with zero attached hydrogens (tertiary/aromatic N) is 1. The second kappa shape index (κ2) is 5.45. The molecule has 1 heterocycles. The fourth-order valence-electron chi connectivity index (χ4n) is 1.86. The minimum atomic E-state index is -1.27. The van der Waals surface area contributed by atoms with Gasteiger partial charge in [-0.3, -0.25) is 4.98 Å². The van der Waals surface area contributed by atoms with Crippen molar-refractivity contribution in [3.63, 3.8) is 0 Å². The predicted molar refractivity (Wildman–Crippen MR) is 73.9 cm³/mol. The molecule has 0 saturated carbocycles. The molecule has 100 valence electrons. The number of aliphatic hydroxyl groups is 1. The van der Waals surface area contributed by atoms with E-state index in [1.807, 2.05) is 0 Å². The molecule has 0 radical (unpaired) electrons. The van der Waals surface area contributed by atoms with Gasteiger partial charge in [0.25, 0.3) is 0 Å². The Morgan fingerprint density at radius 3 is 2.68 bits per heavy atom. The number of rotatable bonds is 3. The van der Waals surface area contributed by atoms with Crippen LogP contribution in [0.3, 0.4) is 0 Å². The lowest BCUT2D eigenvalue weighted by atomic mass is 9.90. The molecule has 5 heteroatoms. The molecule has 0 aliphatic carbocycles. The third kappa shape index (κ3) is 3.44. The van der Waals surface area contributed by atoms with Gasteiger partial charge >= 0.3 is 0 Å². The SMILES string of the molecule is CC(O)(Cc1cc(Cl)ccc1Cl)c1cncc(F)c1. The lowest BCUT2D eigenvalue weighted by molar-refractivity contribution is 0.0569. The van der Waals surface area contributed by atoms with Crippen molar-refractivity contribution in [2.45, 2.75) is 18.9 Å². The van der Waals surface area contributed by atoms with Gasteiger partial charge in [-0.25, -0.2) is 4.39 Å². The Morgan fingerprint density at radius 1 is 1.26 bits per heavy atom. The Balaban J connectivity index is 2.33. The standard InChI is InChI=1S/C14H12Cl2FNO/c1-14(19,10-5-12(17)8-18-7-10)6-9-4-11(15)2-3-13(9)16/h2-5,7-8,19H,6H2,1H3. The van der Waals surface area contributed by atoms with Crippen LogP contribution in [-0.2, 0) is 12.0 Å². The van der Waals surface area contributed by atoms with E-state index >= 15 is 0 Å². The first-order valence-electron chi connectivity index (χ1n) is 5.66. The van der Waals surface area contributed by atoms with E-state index in [1.54, 1.807) is 25.1 Å². The summed E-state index contributed by atoms with van der Waals surface area (Å²) in [4.78, 5) is 3.74. The van der Waals surface area contributed by atoms with Crippen molar-refractivity contribution in [3.8, 4) is 0 Å². The van der Waals surface area contributed by atoms with Crippen LogP contribution in [0, 0.1) is 5.82 Å². The first-order chi connectivity index (χ1) is 8.88. The topological polar surface area (TPSA) is 33.1 Å². The van der Waals surface area contributed by atoms with E-state index in [9.17, 15) is 9.50 Å². The second-order valence-corrected chi connectivity index (χ2v) is 5.42. The highest BCUT2D eigenvalue weighted by Crippen LogP contribution is 2.30. The van der Waals surface area contributed by atoms with Gasteiger partial charge in [0.05, 0.1) is 11.8 Å². The van der Waals surface area contributed by atoms with Crippen molar-refractivity contribution < 1.29 is 9.50 Å². The molecule has 0 fully saturated rings. The number of hydrogen-bond acceptors (Lipinski definition) is 2. The molecule has 1 aromatic heterocycles. The molecule has 0 aliphatic rings. The summed E-state index contributed by atoms with van der Waals surface area (Å²) in [6, 6.07) is 6.28. The summed E-state index contributed by atoms with van der Waals surface area (Å²) in [5.74, 6) is -0.491. The van der Waals surface area contributed by atoms with Crippen LogP contribution in [0.1, 0.15) is 18.1 Å². The number of pyridine rings is 1. The van der Waals surface area contributed by atoms with Gasteiger partial charge in [0, 0.05) is 28.2 Å². The molecule has 0 aliphatic heterocycles. The summed E-state index contributed by atoms with van der Waals surface area (Å²) in [5, 5.41) is 11.5. The molecule has 19 heavy (non-hydrogen) atoms. The zero-order chi connectivity index (χ0) is 14.0. The molecule has 0 bridgehead atoms. The largest absolute Gasteiger partial charge is 0.385 e. The molecule has 1 aromatic carbocycles. The molecule has 1 N–H and O–H groups in total. The molecule has 2 rings (SSSR count). The Labute approximate surface area is 120 Å². The smallest absolute Gasteiger partial charge is 0.141 e. The average Bonchev–Trinajstić information content (AvgIpc) is 2.33. The van der Waals surface area contributed by atoms with Gasteiger partial charge in [0.15, 0.2) is 0 Å². The minimum absolute atomic E-state index is 0.220. The third-order valence-corrected chi connectivity index (χ3v) is 3.47. The predicted octanol–water partition coefficient (Wildman–Crippen LogP) is 3.98. The van der Waals surface area contributed by atoms with Gasteiger partial charge in [0.1, 0.15) is 5.82 Å². The molecular weight excluding hydrogens is 288 g/mol. The highest BCUT2D eigenvalue weighted by Gasteiger charge is 2.25. The van der Waals surface area contributed by atoms with Crippen LogP contribution in [0.25, 0.3) is 0 Å².